The Balaban J connectivity index is 1.53. The molecule has 0 heterocycles. The van der Waals surface area contributed by atoms with E-state index in [-0.39, 0.29) is 10.8 Å². The van der Waals surface area contributed by atoms with E-state index in [0.717, 1.165) is 41.5 Å². The predicted molar refractivity (Wildman–Crippen MR) is 152 cm³/mol. The maximum Gasteiger partial charge on any atom is 0.123 e. The third-order valence-corrected chi connectivity index (χ3v) is 9.08. The van der Waals surface area contributed by atoms with E-state index >= 15 is 0 Å². The fraction of sp³-hybridized carbons (Fsp3) is 0.200. The first-order valence-electron chi connectivity index (χ1n) is 13.2. The molecule has 3 nitrogen and oxygen atoms in total. The first-order chi connectivity index (χ1) is 18.6. The number of methoxy groups -OCH3 is 2. The molecular weight excluding hydrogens is 468 g/mol. The second-order valence-electron chi connectivity index (χ2n) is 10.7. The van der Waals surface area contributed by atoms with Crippen LogP contribution in [-0.4, -0.2) is 19.3 Å². The molecule has 1 atom stereocenters. The Kier molecular flexibility index (Phi) is 5.06. The van der Waals surface area contributed by atoms with Crippen molar-refractivity contribution in [2.75, 3.05) is 14.2 Å². The molecule has 1 N–H and O–H groups in total. The molecule has 7 rings (SSSR count). The van der Waals surface area contributed by atoms with Gasteiger partial charge in [0.05, 0.1) is 14.2 Å². The van der Waals surface area contributed by atoms with Crippen molar-refractivity contribution in [2.24, 2.45) is 0 Å². The van der Waals surface area contributed by atoms with Gasteiger partial charge in [-0.15, -0.1) is 0 Å². The Hall–Kier alpha value is -4.24. The molecule has 188 valence electrons. The summed E-state index contributed by atoms with van der Waals surface area (Å²) in [7, 11) is 3.39. The van der Waals surface area contributed by atoms with Gasteiger partial charge in [-0.2, -0.15) is 0 Å². The highest BCUT2D eigenvalue weighted by Gasteiger charge is 2.55. The zero-order chi connectivity index (χ0) is 25.9. The third-order valence-electron chi connectivity index (χ3n) is 9.08. The number of benzene rings is 5. The molecule has 0 aromatic heterocycles. The van der Waals surface area contributed by atoms with Crippen LogP contribution in [0.3, 0.4) is 0 Å². The molecule has 3 heteroatoms. The van der Waals surface area contributed by atoms with Gasteiger partial charge in [-0.25, -0.2) is 0 Å². The van der Waals surface area contributed by atoms with Crippen LogP contribution in [0.1, 0.15) is 41.5 Å². The van der Waals surface area contributed by atoms with Crippen LogP contribution >= 0.6 is 0 Å². The second-order valence-corrected chi connectivity index (χ2v) is 10.7. The van der Waals surface area contributed by atoms with E-state index in [2.05, 4.69) is 84.9 Å². The van der Waals surface area contributed by atoms with Crippen LogP contribution in [-0.2, 0) is 10.8 Å². The lowest BCUT2D eigenvalue weighted by molar-refractivity contribution is 0.411. The van der Waals surface area contributed by atoms with Crippen molar-refractivity contribution in [3.8, 4) is 28.4 Å². The number of hydrogen-bond acceptors (Lipinski definition) is 3. The SMILES string of the molecule is COc1ccc2c(c1)C1(CCC(c3ccccc3)(c3ccccc3)C1)c1cc(O)c3cc(OC)ccc3c1-2. The molecule has 0 saturated heterocycles. The van der Waals surface area contributed by atoms with Gasteiger partial charge in [0.1, 0.15) is 17.2 Å². The molecule has 2 aliphatic carbocycles. The Morgan fingerprint density at radius 1 is 0.605 bits per heavy atom. The van der Waals surface area contributed by atoms with Crippen molar-refractivity contribution in [1.82, 2.24) is 0 Å². The lowest BCUT2D eigenvalue weighted by Crippen LogP contribution is -2.29. The highest BCUT2D eigenvalue weighted by atomic mass is 16.5. The maximum atomic E-state index is 11.4. The van der Waals surface area contributed by atoms with Gasteiger partial charge < -0.3 is 14.6 Å². The van der Waals surface area contributed by atoms with Crippen molar-refractivity contribution < 1.29 is 14.6 Å². The smallest absolute Gasteiger partial charge is 0.123 e. The predicted octanol–water partition coefficient (Wildman–Crippen LogP) is 8.00. The quantitative estimate of drug-likeness (QED) is 0.273. The van der Waals surface area contributed by atoms with E-state index in [1.807, 2.05) is 18.2 Å². The molecule has 1 spiro atoms. The van der Waals surface area contributed by atoms with E-state index in [9.17, 15) is 5.11 Å². The van der Waals surface area contributed by atoms with Crippen LogP contribution < -0.4 is 9.47 Å². The van der Waals surface area contributed by atoms with Crippen molar-refractivity contribution in [3.05, 3.63) is 125 Å². The molecule has 1 unspecified atom stereocenters. The highest BCUT2D eigenvalue weighted by molar-refractivity contribution is 6.06. The fourth-order valence-corrected chi connectivity index (χ4v) is 7.34. The topological polar surface area (TPSA) is 38.7 Å². The lowest BCUT2D eigenvalue weighted by Gasteiger charge is -2.35. The Morgan fingerprint density at radius 2 is 1.21 bits per heavy atom. The molecule has 5 aromatic rings. The van der Waals surface area contributed by atoms with Gasteiger partial charge in [0.25, 0.3) is 0 Å². The summed E-state index contributed by atoms with van der Waals surface area (Å²) in [5.41, 5.74) is 7.24. The summed E-state index contributed by atoms with van der Waals surface area (Å²) in [5, 5.41) is 13.2. The van der Waals surface area contributed by atoms with Crippen LogP contribution in [0.2, 0.25) is 0 Å². The Bertz CT molecular complexity index is 1630. The minimum atomic E-state index is -0.253. The average molecular weight is 499 g/mol. The van der Waals surface area contributed by atoms with Crippen molar-refractivity contribution in [1.29, 1.82) is 0 Å². The second kappa shape index (κ2) is 8.39. The van der Waals surface area contributed by atoms with Crippen LogP contribution in [0.5, 0.6) is 17.2 Å². The van der Waals surface area contributed by atoms with Gasteiger partial charge in [0.15, 0.2) is 0 Å². The van der Waals surface area contributed by atoms with Crippen LogP contribution in [0.15, 0.2) is 103 Å². The zero-order valence-corrected chi connectivity index (χ0v) is 21.7. The van der Waals surface area contributed by atoms with Gasteiger partial charge in [0.2, 0.25) is 0 Å². The molecule has 1 saturated carbocycles. The monoisotopic (exact) mass is 498 g/mol. The maximum absolute atomic E-state index is 11.4. The number of aromatic hydroxyl groups is 1. The van der Waals surface area contributed by atoms with E-state index in [0.29, 0.717) is 5.75 Å². The van der Waals surface area contributed by atoms with Gasteiger partial charge >= 0.3 is 0 Å². The van der Waals surface area contributed by atoms with Gasteiger partial charge in [-0.3, -0.25) is 0 Å². The van der Waals surface area contributed by atoms with Crippen LogP contribution in [0.25, 0.3) is 21.9 Å². The van der Waals surface area contributed by atoms with Crippen molar-refractivity contribution in [2.45, 2.75) is 30.1 Å². The van der Waals surface area contributed by atoms with Gasteiger partial charge in [-0.05, 0) is 94.4 Å². The summed E-state index contributed by atoms with van der Waals surface area (Å²) in [6.45, 7) is 0. The molecule has 38 heavy (non-hydrogen) atoms. The number of fused-ring (bicyclic) bond motifs is 7. The summed E-state index contributed by atoms with van der Waals surface area (Å²) in [6.07, 6.45) is 2.91. The van der Waals surface area contributed by atoms with Gasteiger partial charge in [-0.1, -0.05) is 66.7 Å². The summed E-state index contributed by atoms with van der Waals surface area (Å²) in [6, 6.07) is 36.4. The number of phenols is 1. The van der Waals surface area contributed by atoms with E-state index in [1.54, 1.807) is 14.2 Å². The summed E-state index contributed by atoms with van der Waals surface area (Å²) in [5.74, 6) is 1.90. The van der Waals surface area contributed by atoms with Gasteiger partial charge in [0, 0.05) is 16.2 Å². The molecular formula is C35H30O3. The minimum absolute atomic E-state index is 0.144. The van der Waals surface area contributed by atoms with E-state index in [1.165, 1.54) is 33.4 Å². The average Bonchev–Trinajstić information content (AvgIpc) is 3.51. The largest absolute Gasteiger partial charge is 0.507 e. The third kappa shape index (κ3) is 3.08. The summed E-state index contributed by atoms with van der Waals surface area (Å²) >= 11 is 0. The first-order valence-corrected chi connectivity index (χ1v) is 13.2. The first kappa shape index (κ1) is 22.9. The van der Waals surface area contributed by atoms with Crippen molar-refractivity contribution >= 4 is 10.8 Å². The highest BCUT2D eigenvalue weighted by Crippen LogP contribution is 2.65. The van der Waals surface area contributed by atoms with Crippen LogP contribution in [0, 0.1) is 0 Å². The molecule has 0 radical (unpaired) electrons. The Morgan fingerprint density at radius 3 is 1.87 bits per heavy atom. The number of phenolic OH excluding ortho intramolecular Hbond substituents is 1. The fourth-order valence-electron chi connectivity index (χ4n) is 7.34. The lowest BCUT2D eigenvalue weighted by atomic mass is 9.68. The molecule has 5 aromatic carbocycles. The molecule has 1 fully saturated rings. The summed E-state index contributed by atoms with van der Waals surface area (Å²) in [4.78, 5) is 0. The minimum Gasteiger partial charge on any atom is -0.507 e. The van der Waals surface area contributed by atoms with E-state index in [4.69, 9.17) is 9.47 Å². The Labute approximate surface area is 223 Å². The standard InChI is InChI=1S/C35H30O3/c1-37-25-13-15-27-29(19-25)32(36)21-31-33(27)28-16-14-26(38-2)20-30(28)35(31)18-17-34(22-35,23-9-5-3-6-10-23)24-11-7-4-8-12-24/h3-16,19-21,36H,17-18,22H2,1-2H3. The normalized spacial score (nSPS) is 18.9. The van der Waals surface area contributed by atoms with Crippen molar-refractivity contribution in [3.63, 3.8) is 0 Å². The number of rotatable bonds is 4. The molecule has 0 aliphatic heterocycles. The number of hydrogen-bond donors (Lipinski definition) is 1. The molecule has 0 amide bonds. The zero-order valence-electron chi connectivity index (χ0n) is 21.7. The molecule has 2 aliphatic rings. The molecule has 0 bridgehead atoms. The number of ether oxygens (including phenoxy) is 2. The van der Waals surface area contributed by atoms with E-state index < -0.39 is 0 Å². The summed E-state index contributed by atoms with van der Waals surface area (Å²) < 4.78 is 11.2. The van der Waals surface area contributed by atoms with Crippen LogP contribution in [0.4, 0.5) is 0 Å².